The lowest BCUT2D eigenvalue weighted by atomic mass is 9.96. The van der Waals surface area contributed by atoms with E-state index in [-0.39, 0.29) is 11.8 Å². The van der Waals surface area contributed by atoms with Crippen LogP contribution in [-0.4, -0.2) is 36.0 Å². The van der Waals surface area contributed by atoms with Crippen LogP contribution in [0.25, 0.3) is 0 Å². The molecule has 6 heteroatoms. The molecule has 5 nitrogen and oxygen atoms in total. The third kappa shape index (κ3) is 2.74. The van der Waals surface area contributed by atoms with Crippen molar-refractivity contribution in [1.82, 2.24) is 15.3 Å². The number of aromatic nitrogens is 2. The van der Waals surface area contributed by atoms with Gasteiger partial charge >= 0.3 is 0 Å². The molecule has 1 N–H and O–H groups in total. The molecule has 2 heterocycles. The molecular weight excluding hydrogens is 284 g/mol. The monoisotopic (exact) mass is 298 g/mol. The maximum Gasteiger partial charge on any atom is 0.222 e. The summed E-state index contributed by atoms with van der Waals surface area (Å²) in [5.74, 6) is 1.19. The highest BCUT2D eigenvalue weighted by Crippen LogP contribution is 2.26. The van der Waals surface area contributed by atoms with Crippen molar-refractivity contribution in [3.8, 4) is 0 Å². The van der Waals surface area contributed by atoms with Crippen molar-refractivity contribution in [2.24, 2.45) is 5.92 Å². The first-order valence-electron chi connectivity index (χ1n) is 5.64. The van der Waals surface area contributed by atoms with Gasteiger partial charge in [-0.05, 0) is 28.8 Å². The number of hydrogen-bond acceptors (Lipinski definition) is 4. The Morgan fingerprint density at radius 2 is 2.24 bits per heavy atom. The van der Waals surface area contributed by atoms with Crippen molar-refractivity contribution in [3.05, 3.63) is 17.0 Å². The lowest BCUT2D eigenvalue weighted by Gasteiger charge is -2.32. The van der Waals surface area contributed by atoms with Crippen molar-refractivity contribution in [2.75, 3.05) is 25.0 Å². The van der Waals surface area contributed by atoms with Crippen LogP contribution in [-0.2, 0) is 4.79 Å². The van der Waals surface area contributed by atoms with Gasteiger partial charge in [-0.1, -0.05) is 0 Å². The molecule has 1 aromatic rings. The highest BCUT2D eigenvalue weighted by molar-refractivity contribution is 9.10. The summed E-state index contributed by atoms with van der Waals surface area (Å²) >= 11 is 3.44. The summed E-state index contributed by atoms with van der Waals surface area (Å²) in [7, 11) is 1.69. The maximum absolute atomic E-state index is 11.5. The molecule has 0 unspecified atom stereocenters. The van der Waals surface area contributed by atoms with E-state index in [1.807, 2.05) is 0 Å². The van der Waals surface area contributed by atoms with Gasteiger partial charge in [0.15, 0.2) is 0 Å². The normalized spacial score (nSPS) is 16.9. The Morgan fingerprint density at radius 3 is 2.82 bits per heavy atom. The van der Waals surface area contributed by atoms with E-state index in [0.29, 0.717) is 0 Å². The minimum Gasteiger partial charge on any atom is -0.359 e. The fourth-order valence-electron chi connectivity index (χ4n) is 2.10. The summed E-state index contributed by atoms with van der Waals surface area (Å²) in [6.45, 7) is 1.71. The lowest BCUT2D eigenvalue weighted by Crippen LogP contribution is -2.40. The van der Waals surface area contributed by atoms with Crippen LogP contribution in [0, 0.1) is 5.92 Å². The minimum absolute atomic E-state index is 0.136. The highest BCUT2D eigenvalue weighted by atomic mass is 79.9. The number of nitrogens with zero attached hydrogens (tertiary/aromatic N) is 3. The number of carbonyl (C=O) groups is 1. The molecule has 0 atom stereocenters. The predicted octanol–water partition coefficient (Wildman–Crippen LogP) is 1.20. The summed E-state index contributed by atoms with van der Waals surface area (Å²) in [4.78, 5) is 21.9. The zero-order valence-corrected chi connectivity index (χ0v) is 11.3. The third-order valence-corrected chi connectivity index (χ3v) is 3.62. The first kappa shape index (κ1) is 12.3. The van der Waals surface area contributed by atoms with Crippen LogP contribution in [0.1, 0.15) is 12.8 Å². The second kappa shape index (κ2) is 5.44. The second-order valence-corrected chi connectivity index (χ2v) is 4.92. The molecule has 1 fully saturated rings. The van der Waals surface area contributed by atoms with Crippen LogP contribution in [0.4, 0.5) is 5.82 Å². The molecule has 92 valence electrons. The zero-order chi connectivity index (χ0) is 12.3. The van der Waals surface area contributed by atoms with E-state index in [1.165, 1.54) is 0 Å². The van der Waals surface area contributed by atoms with Crippen LogP contribution < -0.4 is 10.2 Å². The molecule has 1 saturated heterocycles. The number of carbonyl (C=O) groups excluding carboxylic acids is 1. The molecule has 1 aliphatic rings. The SMILES string of the molecule is CNC(=O)C1CCN(c2ncncc2Br)CC1. The first-order valence-corrected chi connectivity index (χ1v) is 6.43. The lowest BCUT2D eigenvalue weighted by molar-refractivity contribution is -0.125. The topological polar surface area (TPSA) is 58.1 Å². The van der Waals surface area contributed by atoms with Gasteiger partial charge in [0.05, 0.1) is 4.47 Å². The Bertz CT molecular complexity index is 404. The fourth-order valence-corrected chi connectivity index (χ4v) is 2.57. The average molecular weight is 299 g/mol. The van der Waals surface area contributed by atoms with Crippen molar-refractivity contribution < 1.29 is 4.79 Å². The third-order valence-electron chi connectivity index (χ3n) is 3.06. The van der Waals surface area contributed by atoms with Crippen molar-refractivity contribution in [2.45, 2.75) is 12.8 Å². The largest absolute Gasteiger partial charge is 0.359 e. The molecule has 0 saturated carbocycles. The fraction of sp³-hybridized carbons (Fsp3) is 0.545. The summed E-state index contributed by atoms with van der Waals surface area (Å²) in [5, 5.41) is 2.71. The number of rotatable bonds is 2. The summed E-state index contributed by atoms with van der Waals surface area (Å²) < 4.78 is 0.901. The van der Waals surface area contributed by atoms with Crippen molar-refractivity contribution >= 4 is 27.7 Å². The van der Waals surface area contributed by atoms with Gasteiger partial charge < -0.3 is 10.2 Å². The smallest absolute Gasteiger partial charge is 0.222 e. The van der Waals surface area contributed by atoms with Gasteiger partial charge in [-0.3, -0.25) is 4.79 Å². The van der Waals surface area contributed by atoms with Crippen molar-refractivity contribution in [3.63, 3.8) is 0 Å². The number of hydrogen-bond donors (Lipinski definition) is 1. The van der Waals surface area contributed by atoms with E-state index in [2.05, 4.69) is 36.1 Å². The second-order valence-electron chi connectivity index (χ2n) is 4.07. The van der Waals surface area contributed by atoms with Crippen molar-refractivity contribution in [1.29, 1.82) is 0 Å². The van der Waals surface area contributed by atoms with E-state index < -0.39 is 0 Å². The zero-order valence-electron chi connectivity index (χ0n) is 9.69. The molecule has 17 heavy (non-hydrogen) atoms. The Balaban J connectivity index is 2.00. The number of halogens is 1. The molecule has 2 rings (SSSR count). The average Bonchev–Trinajstić information content (AvgIpc) is 2.39. The van der Waals surface area contributed by atoms with Crippen LogP contribution in [0.3, 0.4) is 0 Å². The predicted molar refractivity (Wildman–Crippen MR) is 68.7 cm³/mol. The van der Waals surface area contributed by atoms with Crippen LogP contribution in [0.15, 0.2) is 17.0 Å². The van der Waals surface area contributed by atoms with Gasteiger partial charge in [0.2, 0.25) is 5.91 Å². The van der Waals surface area contributed by atoms with E-state index >= 15 is 0 Å². The van der Waals surface area contributed by atoms with Gasteiger partial charge in [0, 0.05) is 32.3 Å². The molecular formula is C11H15BrN4O. The van der Waals surface area contributed by atoms with Gasteiger partial charge in [-0.25, -0.2) is 9.97 Å². The molecule has 1 aromatic heterocycles. The van der Waals surface area contributed by atoms with E-state index in [4.69, 9.17) is 0 Å². The maximum atomic E-state index is 11.5. The van der Waals surface area contributed by atoms with Crippen LogP contribution in [0.2, 0.25) is 0 Å². The molecule has 1 amide bonds. The quantitative estimate of drug-likeness (QED) is 0.891. The van der Waals surface area contributed by atoms with E-state index in [1.54, 1.807) is 19.6 Å². The standard InChI is InChI=1S/C11H15BrN4O/c1-13-11(17)8-2-4-16(5-3-8)10-9(12)6-14-7-15-10/h6-8H,2-5H2,1H3,(H,13,17). The summed E-state index contributed by atoms with van der Waals surface area (Å²) in [6, 6.07) is 0. The van der Waals surface area contributed by atoms with E-state index in [9.17, 15) is 4.79 Å². The molecule has 0 spiro atoms. The van der Waals surface area contributed by atoms with Crippen LogP contribution in [0.5, 0.6) is 0 Å². The number of amides is 1. The number of nitrogens with one attached hydrogen (secondary N) is 1. The van der Waals surface area contributed by atoms with Crippen LogP contribution >= 0.6 is 15.9 Å². The Labute approximate surface area is 109 Å². The van der Waals surface area contributed by atoms with Gasteiger partial charge in [0.25, 0.3) is 0 Å². The van der Waals surface area contributed by atoms with Gasteiger partial charge in [0.1, 0.15) is 12.1 Å². The molecule has 0 aliphatic carbocycles. The molecule has 1 aliphatic heterocycles. The highest BCUT2D eigenvalue weighted by Gasteiger charge is 2.25. The van der Waals surface area contributed by atoms with E-state index in [0.717, 1.165) is 36.2 Å². The molecule has 0 bridgehead atoms. The number of piperidine rings is 1. The first-order chi connectivity index (χ1) is 8.22. The molecule has 0 radical (unpaired) electrons. The summed E-state index contributed by atoms with van der Waals surface area (Å²) in [5.41, 5.74) is 0. The Hall–Kier alpha value is -1.17. The van der Waals surface area contributed by atoms with Gasteiger partial charge in [-0.15, -0.1) is 0 Å². The Kier molecular flexibility index (Phi) is 3.93. The Morgan fingerprint density at radius 1 is 1.53 bits per heavy atom. The van der Waals surface area contributed by atoms with Gasteiger partial charge in [-0.2, -0.15) is 0 Å². The summed E-state index contributed by atoms with van der Waals surface area (Å²) in [6.07, 6.45) is 5.03. The molecule has 0 aromatic carbocycles. The minimum atomic E-state index is 0.136. The number of anilines is 1.